The van der Waals surface area contributed by atoms with Crippen LogP contribution in [-0.2, 0) is 0 Å². The SMILES string of the molecule is Cc1cc(C(C)N[C@@H](C)CO)ccc1Br. The van der Waals surface area contributed by atoms with Gasteiger partial charge in [0.25, 0.3) is 0 Å². The maximum Gasteiger partial charge on any atom is 0.0582 e. The minimum atomic E-state index is 0.129. The average Bonchev–Trinajstić information content (AvgIpc) is 2.21. The van der Waals surface area contributed by atoms with E-state index < -0.39 is 0 Å². The van der Waals surface area contributed by atoms with Crippen LogP contribution in [0.4, 0.5) is 0 Å². The number of aliphatic hydroxyl groups excluding tert-OH is 1. The van der Waals surface area contributed by atoms with E-state index in [0.717, 1.165) is 4.47 Å². The van der Waals surface area contributed by atoms with Crippen molar-refractivity contribution in [3.8, 4) is 0 Å². The fourth-order valence-corrected chi connectivity index (χ4v) is 1.76. The normalized spacial score (nSPS) is 15.0. The van der Waals surface area contributed by atoms with Gasteiger partial charge < -0.3 is 10.4 Å². The number of nitrogens with one attached hydrogen (secondary N) is 1. The molecule has 0 aliphatic rings. The minimum absolute atomic E-state index is 0.129. The van der Waals surface area contributed by atoms with E-state index in [4.69, 9.17) is 5.11 Å². The van der Waals surface area contributed by atoms with Gasteiger partial charge in [-0.1, -0.05) is 28.1 Å². The molecule has 15 heavy (non-hydrogen) atoms. The maximum absolute atomic E-state index is 8.96. The summed E-state index contributed by atoms with van der Waals surface area (Å²) in [6.45, 7) is 6.33. The first-order valence-corrected chi connectivity index (χ1v) is 5.97. The third-order valence-corrected chi connectivity index (χ3v) is 3.38. The first kappa shape index (κ1) is 12.7. The Hall–Kier alpha value is -0.380. The molecule has 1 unspecified atom stereocenters. The van der Waals surface area contributed by atoms with E-state index in [0.29, 0.717) is 0 Å². The van der Waals surface area contributed by atoms with Gasteiger partial charge in [-0.2, -0.15) is 0 Å². The topological polar surface area (TPSA) is 32.3 Å². The third-order valence-electron chi connectivity index (χ3n) is 2.49. The molecule has 0 radical (unpaired) electrons. The Balaban J connectivity index is 2.73. The lowest BCUT2D eigenvalue weighted by Crippen LogP contribution is -2.31. The fourth-order valence-electron chi connectivity index (χ4n) is 1.51. The predicted octanol–water partition coefficient (Wildman–Crippen LogP) is 2.79. The van der Waals surface area contributed by atoms with E-state index in [-0.39, 0.29) is 18.7 Å². The molecule has 1 aromatic rings. The second kappa shape index (κ2) is 5.64. The highest BCUT2D eigenvalue weighted by atomic mass is 79.9. The highest BCUT2D eigenvalue weighted by molar-refractivity contribution is 9.10. The minimum Gasteiger partial charge on any atom is -0.395 e. The zero-order valence-electron chi connectivity index (χ0n) is 9.42. The number of rotatable bonds is 4. The molecule has 0 aliphatic carbocycles. The summed E-state index contributed by atoms with van der Waals surface area (Å²) in [5.74, 6) is 0. The molecule has 0 spiro atoms. The van der Waals surface area contributed by atoms with Crippen LogP contribution in [0.5, 0.6) is 0 Å². The largest absolute Gasteiger partial charge is 0.395 e. The molecule has 3 heteroatoms. The van der Waals surface area contributed by atoms with Gasteiger partial charge in [0, 0.05) is 16.6 Å². The van der Waals surface area contributed by atoms with E-state index in [1.165, 1.54) is 11.1 Å². The van der Waals surface area contributed by atoms with E-state index in [2.05, 4.69) is 53.3 Å². The van der Waals surface area contributed by atoms with Crippen LogP contribution in [0.15, 0.2) is 22.7 Å². The summed E-state index contributed by atoms with van der Waals surface area (Å²) >= 11 is 3.48. The maximum atomic E-state index is 8.96. The Morgan fingerprint density at radius 2 is 2.07 bits per heavy atom. The van der Waals surface area contributed by atoms with Gasteiger partial charge in [-0.25, -0.2) is 0 Å². The molecule has 2 atom stereocenters. The van der Waals surface area contributed by atoms with Crippen molar-refractivity contribution in [2.45, 2.75) is 32.9 Å². The van der Waals surface area contributed by atoms with Crippen LogP contribution in [0.25, 0.3) is 0 Å². The first-order chi connectivity index (χ1) is 7.04. The molecule has 0 aromatic heterocycles. The van der Waals surface area contributed by atoms with Gasteiger partial charge in [0.15, 0.2) is 0 Å². The number of benzene rings is 1. The summed E-state index contributed by atoms with van der Waals surface area (Å²) in [6, 6.07) is 6.71. The molecule has 0 amide bonds. The zero-order valence-corrected chi connectivity index (χ0v) is 11.0. The number of hydrogen-bond donors (Lipinski definition) is 2. The molecular formula is C12H18BrNO. The summed E-state index contributed by atoms with van der Waals surface area (Å²) < 4.78 is 1.13. The molecule has 2 N–H and O–H groups in total. The second-order valence-electron chi connectivity index (χ2n) is 3.98. The number of aryl methyl sites for hydroxylation is 1. The van der Waals surface area contributed by atoms with Crippen LogP contribution in [0.1, 0.15) is 31.0 Å². The number of hydrogen-bond acceptors (Lipinski definition) is 2. The summed E-state index contributed by atoms with van der Waals surface area (Å²) in [5.41, 5.74) is 2.48. The summed E-state index contributed by atoms with van der Waals surface area (Å²) in [6.07, 6.45) is 0. The number of aliphatic hydroxyl groups is 1. The predicted molar refractivity (Wildman–Crippen MR) is 67.0 cm³/mol. The van der Waals surface area contributed by atoms with Crippen molar-refractivity contribution < 1.29 is 5.11 Å². The van der Waals surface area contributed by atoms with Gasteiger partial charge in [-0.05, 0) is 38.0 Å². The zero-order chi connectivity index (χ0) is 11.4. The molecule has 0 saturated heterocycles. The fraction of sp³-hybridized carbons (Fsp3) is 0.500. The van der Waals surface area contributed by atoms with Gasteiger partial charge in [0.05, 0.1) is 6.61 Å². The lowest BCUT2D eigenvalue weighted by Gasteiger charge is -2.19. The lowest BCUT2D eigenvalue weighted by atomic mass is 10.1. The Morgan fingerprint density at radius 3 is 2.60 bits per heavy atom. The third kappa shape index (κ3) is 3.59. The molecule has 0 heterocycles. The van der Waals surface area contributed by atoms with Crippen molar-refractivity contribution in [3.05, 3.63) is 33.8 Å². The average molecular weight is 272 g/mol. The van der Waals surface area contributed by atoms with Crippen LogP contribution < -0.4 is 5.32 Å². The highest BCUT2D eigenvalue weighted by Crippen LogP contribution is 2.21. The Bertz CT molecular complexity index is 327. The Morgan fingerprint density at radius 1 is 1.40 bits per heavy atom. The lowest BCUT2D eigenvalue weighted by molar-refractivity contribution is 0.243. The summed E-state index contributed by atoms with van der Waals surface area (Å²) in [4.78, 5) is 0. The molecule has 0 fully saturated rings. The van der Waals surface area contributed by atoms with E-state index in [9.17, 15) is 0 Å². The van der Waals surface area contributed by atoms with Gasteiger partial charge >= 0.3 is 0 Å². The molecule has 2 nitrogen and oxygen atoms in total. The van der Waals surface area contributed by atoms with Crippen LogP contribution in [-0.4, -0.2) is 17.8 Å². The van der Waals surface area contributed by atoms with Crippen LogP contribution in [0.3, 0.4) is 0 Å². The van der Waals surface area contributed by atoms with E-state index >= 15 is 0 Å². The van der Waals surface area contributed by atoms with Crippen molar-refractivity contribution >= 4 is 15.9 Å². The van der Waals surface area contributed by atoms with Gasteiger partial charge in [-0.3, -0.25) is 0 Å². The molecule has 0 saturated carbocycles. The molecular weight excluding hydrogens is 254 g/mol. The van der Waals surface area contributed by atoms with Gasteiger partial charge in [-0.15, -0.1) is 0 Å². The van der Waals surface area contributed by atoms with E-state index in [1.807, 2.05) is 6.92 Å². The van der Waals surface area contributed by atoms with Crippen molar-refractivity contribution in [1.82, 2.24) is 5.32 Å². The highest BCUT2D eigenvalue weighted by Gasteiger charge is 2.09. The van der Waals surface area contributed by atoms with Crippen molar-refractivity contribution in [1.29, 1.82) is 0 Å². The molecule has 0 bridgehead atoms. The number of halogens is 1. The van der Waals surface area contributed by atoms with E-state index in [1.54, 1.807) is 0 Å². The Labute approximate surface area is 99.8 Å². The van der Waals surface area contributed by atoms with Crippen molar-refractivity contribution in [3.63, 3.8) is 0 Å². The molecule has 1 rings (SSSR count). The summed E-state index contributed by atoms with van der Waals surface area (Å²) in [7, 11) is 0. The molecule has 84 valence electrons. The first-order valence-electron chi connectivity index (χ1n) is 5.17. The summed E-state index contributed by atoms with van der Waals surface area (Å²) in [5, 5.41) is 12.3. The molecule has 1 aromatic carbocycles. The quantitative estimate of drug-likeness (QED) is 0.883. The van der Waals surface area contributed by atoms with Crippen LogP contribution in [0.2, 0.25) is 0 Å². The second-order valence-corrected chi connectivity index (χ2v) is 4.83. The smallest absolute Gasteiger partial charge is 0.0582 e. The van der Waals surface area contributed by atoms with Gasteiger partial charge in [0.1, 0.15) is 0 Å². The van der Waals surface area contributed by atoms with Gasteiger partial charge in [0.2, 0.25) is 0 Å². The standard InChI is InChI=1S/C12H18BrNO/c1-8-6-11(4-5-12(8)13)10(3)14-9(2)7-15/h4-6,9-10,14-15H,7H2,1-3H3/t9-,10?/m0/s1. The Kier molecular flexibility index (Phi) is 4.77. The molecule has 0 aliphatic heterocycles. The monoisotopic (exact) mass is 271 g/mol. The van der Waals surface area contributed by atoms with Crippen molar-refractivity contribution in [2.75, 3.05) is 6.61 Å². The van der Waals surface area contributed by atoms with Crippen LogP contribution in [0, 0.1) is 6.92 Å². The van der Waals surface area contributed by atoms with Crippen LogP contribution >= 0.6 is 15.9 Å². The van der Waals surface area contributed by atoms with Crippen molar-refractivity contribution in [2.24, 2.45) is 0 Å².